The van der Waals surface area contributed by atoms with Crippen LogP contribution in [0.2, 0.25) is 5.02 Å². The van der Waals surface area contributed by atoms with Crippen LogP contribution in [-0.4, -0.2) is 4.98 Å². The zero-order valence-electron chi connectivity index (χ0n) is 8.45. The zero-order chi connectivity index (χ0) is 11.4. The minimum atomic E-state index is -0.351. The fraction of sp³-hybridized carbons (Fsp3) is 0.0833. The van der Waals surface area contributed by atoms with Crippen molar-refractivity contribution in [2.45, 2.75) is 6.54 Å². The molecule has 1 N–H and O–H groups in total. The van der Waals surface area contributed by atoms with Crippen LogP contribution in [-0.2, 0) is 6.54 Å². The Bertz CT molecular complexity index is 453. The zero-order valence-corrected chi connectivity index (χ0v) is 9.21. The molecule has 4 heteroatoms. The molecule has 1 aromatic carbocycles. The number of pyridine rings is 1. The van der Waals surface area contributed by atoms with Crippen LogP contribution in [0.5, 0.6) is 0 Å². The summed E-state index contributed by atoms with van der Waals surface area (Å²) in [4.78, 5) is 4.15. The van der Waals surface area contributed by atoms with E-state index in [4.69, 9.17) is 11.6 Å². The average molecular weight is 237 g/mol. The van der Waals surface area contributed by atoms with Crippen molar-refractivity contribution < 1.29 is 4.39 Å². The van der Waals surface area contributed by atoms with Crippen molar-refractivity contribution in [3.63, 3.8) is 0 Å². The molecule has 0 atom stereocenters. The van der Waals surface area contributed by atoms with E-state index in [1.54, 1.807) is 12.3 Å². The Morgan fingerprint density at radius 3 is 2.81 bits per heavy atom. The van der Waals surface area contributed by atoms with Gasteiger partial charge in [0, 0.05) is 16.9 Å². The lowest BCUT2D eigenvalue weighted by Crippen LogP contribution is -2.01. The SMILES string of the molecule is Fc1cc(Cl)cc(NCc2ccccn2)c1. The average Bonchev–Trinajstić information content (AvgIpc) is 2.27. The standard InChI is InChI=1S/C12H10ClFN2/c13-9-5-10(14)7-12(6-9)16-8-11-3-1-2-4-15-11/h1-7,16H,8H2. The van der Waals surface area contributed by atoms with Crippen molar-refractivity contribution in [2.24, 2.45) is 0 Å². The van der Waals surface area contributed by atoms with Gasteiger partial charge >= 0.3 is 0 Å². The third-order valence-corrected chi connectivity index (χ3v) is 2.28. The second-order valence-corrected chi connectivity index (χ2v) is 3.77. The fourth-order valence-corrected chi connectivity index (χ4v) is 1.57. The number of aromatic nitrogens is 1. The number of benzene rings is 1. The summed E-state index contributed by atoms with van der Waals surface area (Å²) in [7, 11) is 0. The molecule has 0 unspecified atom stereocenters. The van der Waals surface area contributed by atoms with Crippen LogP contribution in [0.1, 0.15) is 5.69 Å². The molecule has 16 heavy (non-hydrogen) atoms. The molecule has 0 spiro atoms. The van der Waals surface area contributed by atoms with Crippen molar-refractivity contribution in [2.75, 3.05) is 5.32 Å². The van der Waals surface area contributed by atoms with Crippen LogP contribution < -0.4 is 5.32 Å². The molecular weight excluding hydrogens is 227 g/mol. The first-order chi connectivity index (χ1) is 7.74. The number of nitrogens with one attached hydrogen (secondary N) is 1. The van der Waals surface area contributed by atoms with Gasteiger partial charge in [0.05, 0.1) is 12.2 Å². The van der Waals surface area contributed by atoms with Crippen LogP contribution in [0.25, 0.3) is 0 Å². The van der Waals surface area contributed by atoms with E-state index in [0.717, 1.165) is 5.69 Å². The molecule has 82 valence electrons. The molecule has 1 heterocycles. The molecular formula is C12H10ClFN2. The molecule has 0 bridgehead atoms. The lowest BCUT2D eigenvalue weighted by molar-refractivity contribution is 0.628. The summed E-state index contributed by atoms with van der Waals surface area (Å²) in [5, 5.41) is 3.43. The summed E-state index contributed by atoms with van der Waals surface area (Å²) in [6, 6.07) is 9.99. The highest BCUT2D eigenvalue weighted by atomic mass is 35.5. The van der Waals surface area contributed by atoms with Gasteiger partial charge < -0.3 is 5.32 Å². The molecule has 0 saturated heterocycles. The highest BCUT2D eigenvalue weighted by molar-refractivity contribution is 6.30. The minimum Gasteiger partial charge on any atom is -0.379 e. The van der Waals surface area contributed by atoms with Crippen molar-refractivity contribution >= 4 is 17.3 Å². The van der Waals surface area contributed by atoms with E-state index in [0.29, 0.717) is 17.3 Å². The van der Waals surface area contributed by atoms with E-state index in [1.807, 2.05) is 18.2 Å². The predicted octanol–water partition coefficient (Wildman–Crippen LogP) is 3.49. The van der Waals surface area contributed by atoms with Gasteiger partial charge in [0.25, 0.3) is 0 Å². The van der Waals surface area contributed by atoms with Gasteiger partial charge in [-0.2, -0.15) is 0 Å². The normalized spacial score (nSPS) is 10.1. The molecule has 0 amide bonds. The Hall–Kier alpha value is -1.61. The maximum absolute atomic E-state index is 13.0. The van der Waals surface area contributed by atoms with Crippen molar-refractivity contribution in [1.82, 2.24) is 4.98 Å². The second-order valence-electron chi connectivity index (χ2n) is 3.33. The van der Waals surface area contributed by atoms with Crippen molar-refractivity contribution in [3.8, 4) is 0 Å². The second kappa shape index (κ2) is 4.94. The monoisotopic (exact) mass is 236 g/mol. The van der Waals surface area contributed by atoms with E-state index in [2.05, 4.69) is 10.3 Å². The quantitative estimate of drug-likeness (QED) is 0.883. The van der Waals surface area contributed by atoms with E-state index in [9.17, 15) is 4.39 Å². The third kappa shape index (κ3) is 2.94. The highest BCUT2D eigenvalue weighted by Crippen LogP contribution is 2.18. The molecule has 0 aliphatic carbocycles. The third-order valence-electron chi connectivity index (χ3n) is 2.06. The van der Waals surface area contributed by atoms with Gasteiger partial charge in [-0.05, 0) is 30.3 Å². The summed E-state index contributed by atoms with van der Waals surface area (Å²) >= 11 is 5.74. The van der Waals surface area contributed by atoms with Gasteiger partial charge in [0.1, 0.15) is 5.82 Å². The van der Waals surface area contributed by atoms with Gasteiger partial charge in [-0.1, -0.05) is 17.7 Å². The van der Waals surface area contributed by atoms with Gasteiger partial charge in [-0.25, -0.2) is 4.39 Å². The molecule has 2 rings (SSSR count). The van der Waals surface area contributed by atoms with Crippen molar-refractivity contribution in [1.29, 1.82) is 0 Å². The largest absolute Gasteiger partial charge is 0.379 e. The summed E-state index contributed by atoms with van der Waals surface area (Å²) in [5.74, 6) is -0.351. The molecule has 2 aromatic rings. The molecule has 2 nitrogen and oxygen atoms in total. The number of hydrogen-bond donors (Lipinski definition) is 1. The van der Waals surface area contributed by atoms with E-state index >= 15 is 0 Å². The summed E-state index contributed by atoms with van der Waals surface area (Å²) in [6.45, 7) is 0.542. The molecule has 0 radical (unpaired) electrons. The number of nitrogens with zero attached hydrogens (tertiary/aromatic N) is 1. The summed E-state index contributed by atoms with van der Waals surface area (Å²) in [6.07, 6.45) is 1.72. The van der Waals surface area contributed by atoms with Crippen LogP contribution in [0.15, 0.2) is 42.6 Å². The topological polar surface area (TPSA) is 24.9 Å². The maximum atomic E-state index is 13.0. The number of rotatable bonds is 3. The van der Waals surface area contributed by atoms with E-state index in [1.165, 1.54) is 12.1 Å². The predicted molar refractivity (Wildman–Crippen MR) is 63.0 cm³/mol. The molecule has 0 saturated carbocycles. The highest BCUT2D eigenvalue weighted by Gasteiger charge is 1.99. The first-order valence-electron chi connectivity index (χ1n) is 4.84. The van der Waals surface area contributed by atoms with Crippen LogP contribution in [0.3, 0.4) is 0 Å². The minimum absolute atomic E-state index is 0.351. The molecule has 0 aliphatic heterocycles. The fourth-order valence-electron chi connectivity index (χ4n) is 1.35. The maximum Gasteiger partial charge on any atom is 0.126 e. The smallest absolute Gasteiger partial charge is 0.126 e. The lowest BCUT2D eigenvalue weighted by Gasteiger charge is -2.06. The van der Waals surface area contributed by atoms with Gasteiger partial charge in [0.2, 0.25) is 0 Å². The number of hydrogen-bond acceptors (Lipinski definition) is 2. The molecule has 1 aromatic heterocycles. The van der Waals surface area contributed by atoms with Gasteiger partial charge in [-0.15, -0.1) is 0 Å². The Balaban J connectivity index is 2.05. The Labute approximate surface area is 98.1 Å². The van der Waals surface area contributed by atoms with Crippen LogP contribution >= 0.6 is 11.6 Å². The molecule has 0 fully saturated rings. The van der Waals surface area contributed by atoms with Gasteiger partial charge in [-0.3, -0.25) is 4.98 Å². The Morgan fingerprint density at radius 2 is 2.12 bits per heavy atom. The van der Waals surface area contributed by atoms with Crippen molar-refractivity contribution in [3.05, 3.63) is 59.1 Å². The first kappa shape index (κ1) is 10.9. The van der Waals surface area contributed by atoms with E-state index in [-0.39, 0.29) is 5.82 Å². The van der Waals surface area contributed by atoms with Gasteiger partial charge in [0.15, 0.2) is 0 Å². The lowest BCUT2D eigenvalue weighted by atomic mass is 10.3. The van der Waals surface area contributed by atoms with Crippen LogP contribution in [0, 0.1) is 5.82 Å². The van der Waals surface area contributed by atoms with Crippen LogP contribution in [0.4, 0.5) is 10.1 Å². The molecule has 0 aliphatic rings. The Morgan fingerprint density at radius 1 is 1.25 bits per heavy atom. The van der Waals surface area contributed by atoms with E-state index < -0.39 is 0 Å². The number of halogens is 2. The Kier molecular flexibility index (Phi) is 3.37. The first-order valence-corrected chi connectivity index (χ1v) is 5.22. The summed E-state index contributed by atoms with van der Waals surface area (Å²) < 4.78 is 13.0. The summed E-state index contributed by atoms with van der Waals surface area (Å²) in [5.41, 5.74) is 1.54. The number of anilines is 1.